The van der Waals surface area contributed by atoms with Gasteiger partial charge in [-0.15, -0.1) is 0 Å². The molecule has 1 amide bonds. The first kappa shape index (κ1) is 11.4. The fourth-order valence-corrected chi connectivity index (χ4v) is 2.79. The number of amides is 1. The number of hydrogen-bond acceptors (Lipinski definition) is 1. The molecule has 0 radical (unpaired) electrons. The summed E-state index contributed by atoms with van der Waals surface area (Å²) in [6.07, 6.45) is 9.91. The van der Waals surface area contributed by atoms with Gasteiger partial charge in [0.2, 0.25) is 5.91 Å². The van der Waals surface area contributed by atoms with Crippen molar-refractivity contribution >= 4 is 5.91 Å². The van der Waals surface area contributed by atoms with Crippen LogP contribution < -0.4 is 5.32 Å². The summed E-state index contributed by atoms with van der Waals surface area (Å²) in [5.74, 6) is 2.05. The molecule has 0 aromatic rings. The van der Waals surface area contributed by atoms with Crippen LogP contribution in [0.1, 0.15) is 27.2 Å². The quantitative estimate of drug-likeness (QED) is 0.759. The van der Waals surface area contributed by atoms with E-state index >= 15 is 0 Å². The number of carbonyl (C=O) groups is 1. The van der Waals surface area contributed by atoms with E-state index in [1.54, 1.807) is 0 Å². The van der Waals surface area contributed by atoms with E-state index in [9.17, 15) is 4.79 Å². The second kappa shape index (κ2) is 4.44. The van der Waals surface area contributed by atoms with Crippen molar-refractivity contribution in [2.24, 2.45) is 23.7 Å². The van der Waals surface area contributed by atoms with Gasteiger partial charge in [0.05, 0.1) is 0 Å². The van der Waals surface area contributed by atoms with Crippen LogP contribution in [0.15, 0.2) is 24.3 Å². The summed E-state index contributed by atoms with van der Waals surface area (Å²) < 4.78 is 0. The molecule has 2 aliphatic rings. The summed E-state index contributed by atoms with van der Waals surface area (Å²) in [5.41, 5.74) is 0. The molecule has 2 rings (SSSR count). The summed E-state index contributed by atoms with van der Waals surface area (Å²) in [7, 11) is 0. The Labute approximate surface area is 97.8 Å². The van der Waals surface area contributed by atoms with E-state index < -0.39 is 0 Å². The van der Waals surface area contributed by atoms with Crippen LogP contribution in [0, 0.1) is 23.7 Å². The van der Waals surface area contributed by atoms with Crippen molar-refractivity contribution in [2.45, 2.75) is 33.2 Å². The van der Waals surface area contributed by atoms with E-state index in [1.165, 1.54) is 0 Å². The molecule has 2 unspecified atom stereocenters. The largest absolute Gasteiger partial charge is 0.353 e. The molecule has 1 saturated carbocycles. The lowest BCUT2D eigenvalue weighted by atomic mass is 9.87. The number of nitrogens with one attached hydrogen (secondary N) is 1. The lowest BCUT2D eigenvalue weighted by molar-refractivity contribution is -0.124. The minimum absolute atomic E-state index is 0.0842. The fraction of sp³-hybridized carbons (Fsp3) is 0.643. The smallest absolute Gasteiger partial charge is 0.222 e. The SMILES string of the molecule is CC(C)C(=O)N[C@H]1CC2C=CC=CC2[C@@H]1C. The van der Waals surface area contributed by atoms with Crippen LogP contribution in [-0.4, -0.2) is 11.9 Å². The predicted octanol–water partition coefficient (Wildman–Crippen LogP) is 2.53. The highest BCUT2D eigenvalue weighted by atomic mass is 16.1. The average molecular weight is 219 g/mol. The number of allylic oxidation sites excluding steroid dienone is 4. The molecule has 1 N–H and O–H groups in total. The summed E-state index contributed by atoms with van der Waals surface area (Å²) in [5, 5.41) is 3.18. The Kier molecular flexibility index (Phi) is 3.17. The lowest BCUT2D eigenvalue weighted by Gasteiger charge is -2.22. The molecule has 0 aromatic carbocycles. The van der Waals surface area contributed by atoms with Crippen LogP contribution in [0.2, 0.25) is 0 Å². The molecule has 2 aliphatic carbocycles. The molecule has 2 nitrogen and oxygen atoms in total. The van der Waals surface area contributed by atoms with Crippen molar-refractivity contribution in [1.29, 1.82) is 0 Å². The van der Waals surface area contributed by atoms with Crippen molar-refractivity contribution in [3.05, 3.63) is 24.3 Å². The number of fused-ring (bicyclic) bond motifs is 1. The Bertz CT molecular complexity index is 330. The van der Waals surface area contributed by atoms with Crippen LogP contribution in [0.4, 0.5) is 0 Å². The summed E-state index contributed by atoms with van der Waals surface area (Å²) in [4.78, 5) is 11.7. The Morgan fingerprint density at radius 1 is 1.31 bits per heavy atom. The van der Waals surface area contributed by atoms with Crippen molar-refractivity contribution in [3.63, 3.8) is 0 Å². The number of carbonyl (C=O) groups excluding carboxylic acids is 1. The molecule has 0 bridgehead atoms. The van der Waals surface area contributed by atoms with E-state index in [0.29, 0.717) is 23.8 Å². The second-order valence-electron chi connectivity index (χ2n) is 5.38. The van der Waals surface area contributed by atoms with Gasteiger partial charge in [-0.3, -0.25) is 4.79 Å². The molecule has 2 heteroatoms. The minimum atomic E-state index is 0.0842. The summed E-state index contributed by atoms with van der Waals surface area (Å²) in [6.45, 7) is 6.14. The van der Waals surface area contributed by atoms with Gasteiger partial charge in [-0.2, -0.15) is 0 Å². The van der Waals surface area contributed by atoms with Gasteiger partial charge >= 0.3 is 0 Å². The fourth-order valence-electron chi connectivity index (χ4n) is 2.79. The summed E-state index contributed by atoms with van der Waals surface area (Å²) in [6, 6.07) is 0.345. The van der Waals surface area contributed by atoms with Crippen molar-refractivity contribution < 1.29 is 4.79 Å². The van der Waals surface area contributed by atoms with Crippen LogP contribution in [0.3, 0.4) is 0 Å². The third-order valence-corrected chi connectivity index (χ3v) is 3.92. The van der Waals surface area contributed by atoms with Crippen LogP contribution >= 0.6 is 0 Å². The molecule has 16 heavy (non-hydrogen) atoms. The zero-order valence-electron chi connectivity index (χ0n) is 10.3. The first-order chi connectivity index (χ1) is 7.59. The molecule has 4 atom stereocenters. The Morgan fingerprint density at radius 3 is 2.62 bits per heavy atom. The van der Waals surface area contributed by atoms with Gasteiger partial charge < -0.3 is 5.32 Å². The topological polar surface area (TPSA) is 29.1 Å². The van der Waals surface area contributed by atoms with Gasteiger partial charge in [-0.05, 0) is 24.2 Å². The minimum Gasteiger partial charge on any atom is -0.353 e. The van der Waals surface area contributed by atoms with E-state index in [1.807, 2.05) is 13.8 Å². The predicted molar refractivity (Wildman–Crippen MR) is 65.8 cm³/mol. The second-order valence-corrected chi connectivity index (χ2v) is 5.38. The molecule has 0 heterocycles. The number of rotatable bonds is 2. The molecule has 0 saturated heterocycles. The van der Waals surface area contributed by atoms with Crippen LogP contribution in [0.5, 0.6) is 0 Å². The van der Waals surface area contributed by atoms with E-state index in [0.717, 1.165) is 6.42 Å². The molecular formula is C14H21NO. The molecule has 0 spiro atoms. The van der Waals surface area contributed by atoms with E-state index in [2.05, 4.69) is 36.5 Å². The Morgan fingerprint density at radius 2 is 2.00 bits per heavy atom. The highest BCUT2D eigenvalue weighted by Crippen LogP contribution is 2.40. The monoisotopic (exact) mass is 219 g/mol. The maximum Gasteiger partial charge on any atom is 0.222 e. The Hall–Kier alpha value is -1.05. The van der Waals surface area contributed by atoms with Gasteiger partial charge in [-0.1, -0.05) is 45.1 Å². The molecule has 0 aromatic heterocycles. The molecular weight excluding hydrogens is 198 g/mol. The molecule has 0 aliphatic heterocycles. The highest BCUT2D eigenvalue weighted by molar-refractivity contribution is 5.78. The highest BCUT2D eigenvalue weighted by Gasteiger charge is 2.39. The molecule has 1 fully saturated rings. The van der Waals surface area contributed by atoms with Gasteiger partial charge in [0.15, 0.2) is 0 Å². The third kappa shape index (κ3) is 2.06. The van der Waals surface area contributed by atoms with Crippen molar-refractivity contribution in [3.8, 4) is 0 Å². The third-order valence-electron chi connectivity index (χ3n) is 3.92. The summed E-state index contributed by atoms with van der Waals surface area (Å²) >= 11 is 0. The normalized spacial score (nSPS) is 36.5. The molecule has 88 valence electrons. The van der Waals surface area contributed by atoms with E-state index in [-0.39, 0.29) is 11.8 Å². The van der Waals surface area contributed by atoms with Crippen molar-refractivity contribution in [1.82, 2.24) is 5.32 Å². The van der Waals surface area contributed by atoms with Gasteiger partial charge in [-0.25, -0.2) is 0 Å². The standard InChI is InChI=1S/C14H21NO/c1-9(2)14(16)15-13-8-11-6-4-5-7-12(11)10(13)3/h4-7,9-13H,8H2,1-3H3,(H,15,16)/t10-,11?,12?,13-/m0/s1. The van der Waals surface area contributed by atoms with Gasteiger partial charge in [0.1, 0.15) is 0 Å². The maximum absolute atomic E-state index is 11.7. The van der Waals surface area contributed by atoms with Crippen LogP contribution in [0.25, 0.3) is 0 Å². The maximum atomic E-state index is 11.7. The first-order valence-electron chi connectivity index (χ1n) is 6.25. The number of hydrogen-bond donors (Lipinski definition) is 1. The van der Waals surface area contributed by atoms with Crippen molar-refractivity contribution in [2.75, 3.05) is 0 Å². The zero-order valence-corrected chi connectivity index (χ0v) is 10.3. The first-order valence-corrected chi connectivity index (χ1v) is 6.25. The lowest BCUT2D eigenvalue weighted by Crippen LogP contribution is -2.39. The van der Waals surface area contributed by atoms with Crippen LogP contribution in [-0.2, 0) is 4.79 Å². The Balaban J connectivity index is 2.01. The van der Waals surface area contributed by atoms with E-state index in [4.69, 9.17) is 0 Å². The van der Waals surface area contributed by atoms with Gasteiger partial charge in [0, 0.05) is 12.0 Å². The average Bonchev–Trinajstić information content (AvgIpc) is 2.56. The van der Waals surface area contributed by atoms with Gasteiger partial charge in [0.25, 0.3) is 0 Å². The zero-order chi connectivity index (χ0) is 11.7.